The Kier molecular flexibility index (Phi) is 6.16. The van der Waals surface area contributed by atoms with Crippen LogP contribution in [0, 0.1) is 5.41 Å². The van der Waals surface area contributed by atoms with Gasteiger partial charge in [-0.3, -0.25) is 4.79 Å². The van der Waals surface area contributed by atoms with Gasteiger partial charge in [-0.2, -0.15) is 5.10 Å². The molecule has 0 aliphatic rings. The van der Waals surface area contributed by atoms with Gasteiger partial charge >= 0.3 is 0 Å². The number of methoxy groups -OCH3 is 1. The molecule has 0 aliphatic carbocycles. The van der Waals surface area contributed by atoms with E-state index in [0.29, 0.717) is 24.2 Å². The summed E-state index contributed by atoms with van der Waals surface area (Å²) in [6.07, 6.45) is 1.69. The van der Waals surface area contributed by atoms with Gasteiger partial charge in [0.05, 0.1) is 25.0 Å². The fourth-order valence-electron chi connectivity index (χ4n) is 1.85. The zero-order chi connectivity index (χ0) is 15.3. The van der Waals surface area contributed by atoms with Gasteiger partial charge in [0.2, 0.25) is 0 Å². The molecular formula is C13H23BrN4O2. The molecule has 0 bridgehead atoms. The lowest BCUT2D eigenvalue weighted by Gasteiger charge is -2.30. The Morgan fingerprint density at radius 2 is 2.20 bits per heavy atom. The van der Waals surface area contributed by atoms with E-state index < -0.39 is 0 Å². The molecule has 20 heavy (non-hydrogen) atoms. The van der Waals surface area contributed by atoms with Crippen LogP contribution in [0.3, 0.4) is 0 Å². The van der Waals surface area contributed by atoms with Crippen molar-refractivity contribution in [3.05, 3.63) is 21.0 Å². The van der Waals surface area contributed by atoms with Crippen molar-refractivity contribution in [3.8, 4) is 0 Å². The van der Waals surface area contributed by atoms with Crippen molar-refractivity contribution in [2.24, 2.45) is 11.1 Å². The third-order valence-corrected chi connectivity index (χ3v) is 3.85. The van der Waals surface area contributed by atoms with E-state index in [2.05, 4.69) is 34.9 Å². The van der Waals surface area contributed by atoms with Gasteiger partial charge in [-0.15, -0.1) is 0 Å². The molecule has 114 valence electrons. The number of aromatic nitrogens is 2. The van der Waals surface area contributed by atoms with Crippen molar-refractivity contribution in [1.29, 1.82) is 0 Å². The van der Waals surface area contributed by atoms with Crippen LogP contribution in [-0.4, -0.2) is 43.6 Å². The number of nitrogens with zero attached hydrogens (tertiary/aromatic N) is 3. The Hall–Kier alpha value is -0.920. The van der Waals surface area contributed by atoms with Gasteiger partial charge < -0.3 is 15.4 Å². The largest absolute Gasteiger partial charge is 0.383 e. The van der Waals surface area contributed by atoms with E-state index in [4.69, 9.17) is 10.5 Å². The smallest absolute Gasteiger partial charge is 0.283 e. The quantitative estimate of drug-likeness (QED) is 0.799. The summed E-state index contributed by atoms with van der Waals surface area (Å²) in [4.78, 5) is 14.2. The number of ether oxygens (including phenoxy) is 1. The molecule has 0 amide bonds. The predicted octanol–water partition coefficient (Wildman–Crippen LogP) is 1.07. The molecule has 1 rings (SSSR count). The van der Waals surface area contributed by atoms with E-state index in [-0.39, 0.29) is 11.0 Å². The van der Waals surface area contributed by atoms with E-state index in [1.807, 2.05) is 11.9 Å². The summed E-state index contributed by atoms with van der Waals surface area (Å²) in [5.74, 6) is 0. The molecule has 0 aliphatic heterocycles. The molecule has 0 fully saturated rings. The van der Waals surface area contributed by atoms with Gasteiger partial charge in [0.1, 0.15) is 4.47 Å². The zero-order valence-electron chi connectivity index (χ0n) is 12.5. The van der Waals surface area contributed by atoms with E-state index in [1.165, 1.54) is 4.68 Å². The molecule has 7 heteroatoms. The Balaban J connectivity index is 2.97. The Morgan fingerprint density at radius 1 is 1.55 bits per heavy atom. The van der Waals surface area contributed by atoms with Crippen LogP contribution < -0.4 is 16.2 Å². The van der Waals surface area contributed by atoms with Gasteiger partial charge in [0, 0.05) is 20.7 Å². The second kappa shape index (κ2) is 7.19. The normalized spacial score (nSPS) is 11.7. The van der Waals surface area contributed by atoms with E-state index in [0.717, 1.165) is 12.2 Å². The average molecular weight is 347 g/mol. The minimum Gasteiger partial charge on any atom is -0.383 e. The molecule has 0 aromatic carbocycles. The minimum absolute atomic E-state index is 0.0287. The van der Waals surface area contributed by atoms with Gasteiger partial charge in [-0.1, -0.05) is 13.8 Å². The van der Waals surface area contributed by atoms with E-state index >= 15 is 0 Å². The molecule has 0 unspecified atom stereocenters. The number of rotatable bonds is 7. The van der Waals surface area contributed by atoms with Crippen molar-refractivity contribution >= 4 is 21.6 Å². The number of hydrogen-bond donors (Lipinski definition) is 1. The van der Waals surface area contributed by atoms with Crippen molar-refractivity contribution in [1.82, 2.24) is 9.78 Å². The molecule has 0 saturated carbocycles. The summed E-state index contributed by atoms with van der Waals surface area (Å²) >= 11 is 3.37. The Labute approximate surface area is 128 Å². The molecule has 0 spiro atoms. The van der Waals surface area contributed by atoms with Gasteiger partial charge in [-0.05, 0) is 27.9 Å². The van der Waals surface area contributed by atoms with Crippen LogP contribution >= 0.6 is 15.9 Å². The van der Waals surface area contributed by atoms with Gasteiger partial charge in [0.15, 0.2) is 0 Å². The monoisotopic (exact) mass is 346 g/mol. The fourth-order valence-corrected chi connectivity index (χ4v) is 2.46. The van der Waals surface area contributed by atoms with Crippen LogP contribution in [0.2, 0.25) is 0 Å². The van der Waals surface area contributed by atoms with E-state index in [9.17, 15) is 4.79 Å². The number of anilines is 1. The molecule has 1 aromatic rings. The lowest BCUT2D eigenvalue weighted by Crippen LogP contribution is -2.38. The van der Waals surface area contributed by atoms with Crippen molar-refractivity contribution in [2.75, 3.05) is 38.8 Å². The summed E-state index contributed by atoms with van der Waals surface area (Å²) in [5, 5.41) is 4.17. The van der Waals surface area contributed by atoms with Crippen molar-refractivity contribution in [2.45, 2.75) is 20.4 Å². The molecule has 0 radical (unpaired) electrons. The summed E-state index contributed by atoms with van der Waals surface area (Å²) in [5.41, 5.74) is 6.33. The Bertz CT molecular complexity index is 502. The van der Waals surface area contributed by atoms with Gasteiger partial charge in [-0.25, -0.2) is 4.68 Å². The predicted molar refractivity (Wildman–Crippen MR) is 84.2 cm³/mol. The molecular weight excluding hydrogens is 324 g/mol. The van der Waals surface area contributed by atoms with Gasteiger partial charge in [0.25, 0.3) is 5.56 Å². The second-order valence-electron chi connectivity index (χ2n) is 5.59. The van der Waals surface area contributed by atoms with Crippen molar-refractivity contribution < 1.29 is 4.74 Å². The lowest BCUT2D eigenvalue weighted by atomic mass is 9.93. The maximum Gasteiger partial charge on any atom is 0.283 e. The standard InChI is InChI=1S/C13H23BrN4O2/c1-13(2,8-15)9-17(3)10-7-16-18(5-6-20-4)12(19)11(10)14/h7H,5-6,8-9,15H2,1-4H3. The summed E-state index contributed by atoms with van der Waals surface area (Å²) in [6.45, 7) is 6.38. The topological polar surface area (TPSA) is 73.4 Å². The highest BCUT2D eigenvalue weighted by molar-refractivity contribution is 9.10. The highest BCUT2D eigenvalue weighted by Crippen LogP contribution is 2.24. The number of hydrogen-bond acceptors (Lipinski definition) is 5. The average Bonchev–Trinajstić information content (AvgIpc) is 2.40. The van der Waals surface area contributed by atoms with Crippen LogP contribution in [0.25, 0.3) is 0 Å². The van der Waals surface area contributed by atoms with Crippen molar-refractivity contribution in [3.63, 3.8) is 0 Å². The lowest BCUT2D eigenvalue weighted by molar-refractivity contribution is 0.181. The number of nitrogens with two attached hydrogens (primary N) is 1. The van der Waals surface area contributed by atoms with Crippen LogP contribution in [0.15, 0.2) is 15.5 Å². The zero-order valence-corrected chi connectivity index (χ0v) is 14.1. The highest BCUT2D eigenvalue weighted by Gasteiger charge is 2.21. The molecule has 1 aromatic heterocycles. The maximum absolute atomic E-state index is 12.2. The second-order valence-corrected chi connectivity index (χ2v) is 6.38. The first-order valence-corrected chi connectivity index (χ1v) is 7.27. The first-order chi connectivity index (χ1) is 9.32. The first-order valence-electron chi connectivity index (χ1n) is 6.48. The summed E-state index contributed by atoms with van der Waals surface area (Å²) in [7, 11) is 3.52. The number of halogens is 1. The van der Waals surface area contributed by atoms with E-state index in [1.54, 1.807) is 13.3 Å². The summed E-state index contributed by atoms with van der Waals surface area (Å²) < 4.78 is 6.86. The third-order valence-electron chi connectivity index (χ3n) is 3.10. The summed E-state index contributed by atoms with van der Waals surface area (Å²) in [6, 6.07) is 0. The van der Waals surface area contributed by atoms with Crippen LogP contribution in [-0.2, 0) is 11.3 Å². The minimum atomic E-state index is -0.156. The maximum atomic E-state index is 12.2. The van der Waals surface area contributed by atoms with Crippen LogP contribution in [0.4, 0.5) is 5.69 Å². The fraction of sp³-hybridized carbons (Fsp3) is 0.692. The highest BCUT2D eigenvalue weighted by atomic mass is 79.9. The SMILES string of the molecule is COCCn1ncc(N(C)CC(C)(C)CN)c(Br)c1=O. The molecule has 2 N–H and O–H groups in total. The Morgan fingerprint density at radius 3 is 2.75 bits per heavy atom. The molecule has 0 saturated heterocycles. The van der Waals surface area contributed by atoms with Crippen LogP contribution in [0.1, 0.15) is 13.8 Å². The van der Waals surface area contributed by atoms with Crippen LogP contribution in [0.5, 0.6) is 0 Å². The molecule has 0 atom stereocenters. The third kappa shape index (κ3) is 4.29. The first kappa shape index (κ1) is 17.1. The molecule has 1 heterocycles. The molecule has 6 nitrogen and oxygen atoms in total.